The lowest BCUT2D eigenvalue weighted by Gasteiger charge is -2.23. The second kappa shape index (κ2) is 23.9. The van der Waals surface area contributed by atoms with E-state index in [4.69, 9.17) is 19.8 Å². The molecule has 0 saturated carbocycles. The van der Waals surface area contributed by atoms with Gasteiger partial charge >= 0.3 is 0 Å². The summed E-state index contributed by atoms with van der Waals surface area (Å²) in [7, 11) is 8.99. The number of carbonyl (C=O) groups is 2. The third-order valence-electron chi connectivity index (χ3n) is 3.10. The van der Waals surface area contributed by atoms with Crippen molar-refractivity contribution in [2.75, 3.05) is 47.8 Å². The first-order chi connectivity index (χ1) is 11.8. The summed E-state index contributed by atoms with van der Waals surface area (Å²) in [5, 5.41) is 17.8. The molecule has 0 heterocycles. The number of quaternary nitrogens is 2. The number of carboxylic acid groups (broad SMARTS) is 2. The lowest BCUT2D eigenvalue weighted by molar-refractivity contribution is -0.880. The van der Waals surface area contributed by atoms with Crippen LogP contribution in [0.15, 0.2) is 0 Å². The van der Waals surface area contributed by atoms with Crippen molar-refractivity contribution in [2.24, 2.45) is 0 Å². The van der Waals surface area contributed by atoms with Crippen LogP contribution in [0.1, 0.15) is 73.1 Å². The van der Waals surface area contributed by atoms with Crippen molar-refractivity contribution in [1.29, 1.82) is 0 Å². The summed E-state index contributed by atoms with van der Waals surface area (Å²) in [6, 6.07) is 0. The molecule has 0 bridgehead atoms. The molecule has 0 radical (unpaired) electrons. The largest absolute Gasteiger partial charge is 0.550 e. The van der Waals surface area contributed by atoms with Crippen LogP contribution in [0.2, 0.25) is 0 Å². The van der Waals surface area contributed by atoms with E-state index < -0.39 is 11.9 Å². The topological polar surface area (TPSA) is 84.7 Å². The van der Waals surface area contributed by atoms with Gasteiger partial charge in [-0.2, -0.15) is 0 Å². The van der Waals surface area contributed by atoms with E-state index in [0.29, 0.717) is 0 Å². The Balaban J connectivity index is -0.000000135. The first kappa shape index (κ1) is 32.5. The van der Waals surface area contributed by atoms with Crippen molar-refractivity contribution in [1.82, 2.24) is 0 Å². The maximum Gasteiger partial charge on any atom is 0.0780 e. The van der Waals surface area contributed by atoms with E-state index in [1.54, 1.807) is 4.90 Å². The molecular formula is C20H46N2O4. The van der Waals surface area contributed by atoms with Crippen LogP contribution in [-0.4, -0.2) is 64.2 Å². The zero-order chi connectivity index (χ0) is 21.6. The van der Waals surface area contributed by atoms with Gasteiger partial charge in [0.1, 0.15) is 0 Å². The molecule has 6 nitrogen and oxygen atoms in total. The highest BCUT2D eigenvalue weighted by atomic mass is 16.4. The van der Waals surface area contributed by atoms with Crippen LogP contribution in [0, 0.1) is 0 Å². The average molecular weight is 379 g/mol. The van der Waals surface area contributed by atoms with Crippen molar-refractivity contribution in [3.8, 4) is 0 Å². The Hall–Kier alpha value is -1.14. The lowest BCUT2D eigenvalue weighted by Crippen LogP contribution is -3.08. The molecule has 0 aliphatic carbocycles. The van der Waals surface area contributed by atoms with Crippen LogP contribution < -0.4 is 15.1 Å². The van der Waals surface area contributed by atoms with Gasteiger partial charge in [0.15, 0.2) is 0 Å². The Morgan fingerprint density at radius 1 is 0.769 bits per heavy atom. The average Bonchev–Trinajstić information content (AvgIpc) is 2.47. The van der Waals surface area contributed by atoms with Crippen LogP contribution in [0.4, 0.5) is 0 Å². The van der Waals surface area contributed by atoms with Crippen LogP contribution in [-0.2, 0) is 9.59 Å². The van der Waals surface area contributed by atoms with Crippen molar-refractivity contribution in [2.45, 2.75) is 73.1 Å². The molecule has 26 heavy (non-hydrogen) atoms. The number of nitrogens with zero attached hydrogens (tertiary/aromatic N) is 1. The molecule has 0 rings (SSSR count). The van der Waals surface area contributed by atoms with E-state index in [2.05, 4.69) is 49.0 Å². The predicted octanol–water partition coefficient (Wildman–Crippen LogP) is 0.106. The Kier molecular flexibility index (Phi) is 29.8. The number of rotatable bonds is 9. The Morgan fingerprint density at radius 3 is 1.19 bits per heavy atom. The van der Waals surface area contributed by atoms with Gasteiger partial charge in [-0.15, -0.1) is 0 Å². The van der Waals surface area contributed by atoms with Crippen LogP contribution in [0.3, 0.4) is 0 Å². The number of carbonyl (C=O) groups excluding carboxylic acids is 2. The van der Waals surface area contributed by atoms with Gasteiger partial charge in [-0.1, -0.05) is 40.0 Å². The summed E-state index contributed by atoms with van der Waals surface area (Å²) >= 11 is 0. The van der Waals surface area contributed by atoms with E-state index >= 15 is 0 Å². The second-order valence-electron chi connectivity index (χ2n) is 7.51. The Morgan fingerprint density at radius 2 is 1.04 bits per heavy atom. The van der Waals surface area contributed by atoms with Gasteiger partial charge in [-0.05, 0) is 33.1 Å². The SMILES string of the molecule is CC(=O)[O-].CC(=O)[O-].CCCC[N+](C)(C)C.CCCC[NH+](C)CCCC. The molecule has 0 aliphatic rings. The molecule has 0 fully saturated rings. The summed E-state index contributed by atoms with van der Waals surface area (Å²) in [5.74, 6) is -2.17. The number of aliphatic carboxylic acids is 2. The minimum absolute atomic E-state index is 0.972. The Bertz CT molecular complexity index is 275. The molecule has 0 saturated heterocycles. The number of carboxylic acids is 2. The third-order valence-corrected chi connectivity index (χ3v) is 3.10. The minimum atomic E-state index is -1.08. The zero-order valence-corrected chi connectivity index (χ0v) is 18.9. The quantitative estimate of drug-likeness (QED) is 0.577. The van der Waals surface area contributed by atoms with E-state index in [9.17, 15) is 0 Å². The fourth-order valence-electron chi connectivity index (χ4n) is 1.71. The first-order valence-corrected chi connectivity index (χ1v) is 9.80. The van der Waals surface area contributed by atoms with Crippen molar-refractivity contribution < 1.29 is 29.2 Å². The molecule has 0 atom stereocenters. The normalized spacial score (nSPS) is 9.77. The maximum atomic E-state index is 8.89. The molecule has 0 aliphatic heterocycles. The van der Waals surface area contributed by atoms with E-state index in [1.807, 2.05) is 0 Å². The summed E-state index contributed by atoms with van der Waals surface area (Å²) < 4.78 is 1.10. The molecule has 0 spiro atoms. The minimum Gasteiger partial charge on any atom is -0.550 e. The predicted molar refractivity (Wildman–Crippen MR) is 106 cm³/mol. The first-order valence-electron chi connectivity index (χ1n) is 9.80. The molecule has 0 unspecified atom stereocenters. The van der Waals surface area contributed by atoms with Gasteiger partial charge in [-0.25, -0.2) is 0 Å². The molecule has 160 valence electrons. The van der Waals surface area contributed by atoms with Crippen LogP contribution in [0.25, 0.3) is 0 Å². The van der Waals surface area contributed by atoms with Crippen LogP contribution in [0.5, 0.6) is 0 Å². The van der Waals surface area contributed by atoms with Crippen LogP contribution >= 0.6 is 0 Å². The van der Waals surface area contributed by atoms with E-state index in [1.165, 1.54) is 58.2 Å². The summed E-state index contributed by atoms with van der Waals surface area (Å²) in [5.41, 5.74) is 0. The number of hydrogen-bond acceptors (Lipinski definition) is 4. The molecule has 1 N–H and O–H groups in total. The second-order valence-corrected chi connectivity index (χ2v) is 7.51. The van der Waals surface area contributed by atoms with Gasteiger partial charge < -0.3 is 29.2 Å². The number of hydrogen-bond donors (Lipinski definition) is 1. The van der Waals surface area contributed by atoms with Crippen molar-refractivity contribution in [3.05, 3.63) is 0 Å². The standard InChI is InChI=1S/C9H21N.C7H18N.2C2H4O2/c1-4-6-8-10(3)9-7-5-2;1-5-6-7-8(2,3)4;2*1-2(3)4/h4-9H2,1-3H3;5-7H2,1-4H3;2*1H3,(H,3,4)/q;+1;;/p-1. The number of nitrogens with one attached hydrogen (secondary N) is 1. The summed E-state index contributed by atoms with van der Waals surface area (Å²) in [6.07, 6.45) is 8.11. The molecule has 0 aromatic rings. The van der Waals surface area contributed by atoms with Gasteiger partial charge in [0, 0.05) is 11.9 Å². The Labute approximate surface area is 162 Å². The lowest BCUT2D eigenvalue weighted by atomic mass is 10.3. The highest BCUT2D eigenvalue weighted by Crippen LogP contribution is 1.95. The molecule has 0 aromatic carbocycles. The van der Waals surface area contributed by atoms with E-state index in [-0.39, 0.29) is 0 Å². The van der Waals surface area contributed by atoms with Crippen molar-refractivity contribution >= 4 is 11.9 Å². The molecular weight excluding hydrogens is 332 g/mol. The van der Waals surface area contributed by atoms with Gasteiger partial charge in [0.25, 0.3) is 0 Å². The van der Waals surface area contributed by atoms with Crippen molar-refractivity contribution in [3.63, 3.8) is 0 Å². The van der Waals surface area contributed by atoms with Gasteiger partial charge in [0.2, 0.25) is 0 Å². The number of unbranched alkanes of at least 4 members (excludes halogenated alkanes) is 3. The molecule has 6 heteroatoms. The maximum absolute atomic E-state index is 8.89. The van der Waals surface area contributed by atoms with Gasteiger partial charge in [0.05, 0.1) is 47.8 Å². The fourth-order valence-corrected chi connectivity index (χ4v) is 1.71. The summed E-state index contributed by atoms with van der Waals surface area (Å²) in [6.45, 7) is 12.7. The highest BCUT2D eigenvalue weighted by Gasteiger charge is 2.03. The summed E-state index contributed by atoms with van der Waals surface area (Å²) in [4.78, 5) is 19.5. The molecule has 0 amide bonds. The van der Waals surface area contributed by atoms with E-state index in [0.717, 1.165) is 18.3 Å². The zero-order valence-electron chi connectivity index (χ0n) is 18.9. The molecule has 0 aromatic heterocycles. The fraction of sp³-hybridized carbons (Fsp3) is 0.900. The monoisotopic (exact) mass is 378 g/mol. The third kappa shape index (κ3) is 77.7. The smallest absolute Gasteiger partial charge is 0.0780 e. The van der Waals surface area contributed by atoms with Gasteiger partial charge in [-0.3, -0.25) is 0 Å². The highest BCUT2D eigenvalue weighted by molar-refractivity contribution is 5.60.